The summed E-state index contributed by atoms with van der Waals surface area (Å²) in [5.41, 5.74) is 3.62. The Kier molecular flexibility index (Phi) is 4.72. The van der Waals surface area contributed by atoms with Gasteiger partial charge in [-0.05, 0) is 19.1 Å². The second-order valence-electron chi connectivity index (χ2n) is 7.26. The van der Waals surface area contributed by atoms with E-state index in [-0.39, 0.29) is 18.7 Å². The standard InChI is InChI=1S/C24H20N4O3/c1-16-20(25-23(31-16)18-10-6-3-7-11-18)14-27-12-13-28-22(24(27)30)19(15-29)21(26-28)17-8-4-2-5-9-17/h2-13,29H,14-15H2,1H3. The number of fused-ring (bicyclic) bond motifs is 1. The second kappa shape index (κ2) is 7.70. The number of aliphatic hydroxyl groups excluding tert-OH is 1. The maximum Gasteiger partial charge on any atom is 0.277 e. The molecule has 3 aromatic heterocycles. The van der Waals surface area contributed by atoms with Gasteiger partial charge in [0, 0.05) is 29.1 Å². The van der Waals surface area contributed by atoms with Crippen molar-refractivity contribution in [1.29, 1.82) is 0 Å². The van der Waals surface area contributed by atoms with Crippen LogP contribution >= 0.6 is 0 Å². The molecule has 1 N–H and O–H groups in total. The Morgan fingerprint density at radius 2 is 1.65 bits per heavy atom. The summed E-state index contributed by atoms with van der Waals surface area (Å²) in [4.78, 5) is 17.9. The largest absolute Gasteiger partial charge is 0.441 e. The van der Waals surface area contributed by atoms with Crippen molar-refractivity contribution in [2.75, 3.05) is 0 Å². The normalized spacial score (nSPS) is 11.3. The van der Waals surface area contributed by atoms with Crippen molar-refractivity contribution in [3.8, 4) is 22.7 Å². The summed E-state index contributed by atoms with van der Waals surface area (Å²) in [7, 11) is 0. The maximum absolute atomic E-state index is 13.3. The van der Waals surface area contributed by atoms with Crippen molar-refractivity contribution < 1.29 is 9.52 Å². The molecule has 0 radical (unpaired) electrons. The Hall–Kier alpha value is -3.97. The highest BCUT2D eigenvalue weighted by Crippen LogP contribution is 2.25. The van der Waals surface area contributed by atoms with Crippen LogP contribution in [0.2, 0.25) is 0 Å². The van der Waals surface area contributed by atoms with Gasteiger partial charge in [-0.3, -0.25) is 4.79 Å². The summed E-state index contributed by atoms with van der Waals surface area (Å²) in [5, 5.41) is 14.5. The van der Waals surface area contributed by atoms with Crippen LogP contribution in [0.1, 0.15) is 17.0 Å². The number of aromatic nitrogens is 4. The van der Waals surface area contributed by atoms with E-state index in [9.17, 15) is 9.90 Å². The average Bonchev–Trinajstić information content (AvgIpc) is 3.37. The van der Waals surface area contributed by atoms with Gasteiger partial charge in [-0.25, -0.2) is 9.50 Å². The SMILES string of the molecule is Cc1oc(-c2ccccc2)nc1Cn1ccn2nc(-c3ccccc3)c(CO)c2c1=O. The second-order valence-corrected chi connectivity index (χ2v) is 7.26. The van der Waals surface area contributed by atoms with Gasteiger partial charge in [0.2, 0.25) is 5.89 Å². The third kappa shape index (κ3) is 3.35. The lowest BCUT2D eigenvalue weighted by atomic mass is 10.1. The molecule has 0 aliphatic carbocycles. The lowest BCUT2D eigenvalue weighted by Crippen LogP contribution is -2.23. The molecule has 7 heteroatoms. The first-order chi connectivity index (χ1) is 15.2. The average molecular weight is 412 g/mol. The summed E-state index contributed by atoms with van der Waals surface area (Å²) >= 11 is 0. The highest BCUT2D eigenvalue weighted by molar-refractivity contribution is 5.72. The molecule has 0 saturated carbocycles. The molecular formula is C24H20N4O3. The first-order valence-corrected chi connectivity index (χ1v) is 9.94. The van der Waals surface area contributed by atoms with Gasteiger partial charge in [0.1, 0.15) is 17.0 Å². The summed E-state index contributed by atoms with van der Waals surface area (Å²) < 4.78 is 8.91. The number of rotatable bonds is 5. The summed E-state index contributed by atoms with van der Waals surface area (Å²) in [6, 6.07) is 19.2. The Bertz CT molecular complexity index is 1420. The zero-order chi connectivity index (χ0) is 21.4. The zero-order valence-corrected chi connectivity index (χ0v) is 16.9. The monoisotopic (exact) mass is 412 g/mol. The maximum atomic E-state index is 13.3. The van der Waals surface area contributed by atoms with Gasteiger partial charge in [-0.15, -0.1) is 0 Å². The topological polar surface area (TPSA) is 85.6 Å². The van der Waals surface area contributed by atoms with E-state index in [1.165, 1.54) is 4.52 Å². The van der Waals surface area contributed by atoms with Crippen LogP contribution in [0.4, 0.5) is 0 Å². The van der Waals surface area contributed by atoms with E-state index >= 15 is 0 Å². The first kappa shape index (κ1) is 19.0. The van der Waals surface area contributed by atoms with Gasteiger partial charge in [-0.1, -0.05) is 48.5 Å². The summed E-state index contributed by atoms with van der Waals surface area (Å²) in [6.07, 6.45) is 3.39. The molecule has 5 aromatic rings. The van der Waals surface area contributed by atoms with Gasteiger partial charge in [-0.2, -0.15) is 5.10 Å². The molecule has 0 spiro atoms. The molecule has 0 aliphatic rings. The number of nitrogens with zero attached hydrogens (tertiary/aromatic N) is 4. The molecule has 0 bridgehead atoms. The van der Waals surface area contributed by atoms with Crippen molar-refractivity contribution in [3.63, 3.8) is 0 Å². The van der Waals surface area contributed by atoms with Crippen LogP contribution in [0.15, 0.2) is 82.3 Å². The van der Waals surface area contributed by atoms with Crippen LogP contribution < -0.4 is 5.56 Å². The summed E-state index contributed by atoms with van der Waals surface area (Å²) in [5.74, 6) is 1.18. The Balaban J connectivity index is 1.57. The van der Waals surface area contributed by atoms with Crippen LogP contribution in [-0.2, 0) is 13.2 Å². The molecule has 2 aromatic carbocycles. The van der Waals surface area contributed by atoms with E-state index in [1.54, 1.807) is 17.0 Å². The third-order valence-corrected chi connectivity index (χ3v) is 5.30. The molecule has 0 amide bonds. The number of hydrogen-bond acceptors (Lipinski definition) is 5. The van der Waals surface area contributed by atoms with Crippen molar-refractivity contribution in [3.05, 3.63) is 100 Å². The lowest BCUT2D eigenvalue weighted by Gasteiger charge is -2.05. The number of oxazole rings is 1. The van der Waals surface area contributed by atoms with E-state index in [2.05, 4.69) is 10.1 Å². The predicted octanol–water partition coefficient (Wildman–Crippen LogP) is 3.67. The van der Waals surface area contributed by atoms with E-state index < -0.39 is 0 Å². The van der Waals surface area contributed by atoms with Crippen LogP contribution in [0.25, 0.3) is 28.2 Å². The molecule has 0 saturated heterocycles. The van der Waals surface area contributed by atoms with Crippen LogP contribution in [0, 0.1) is 6.92 Å². The molecule has 31 heavy (non-hydrogen) atoms. The van der Waals surface area contributed by atoms with Gasteiger partial charge in [0.25, 0.3) is 5.56 Å². The minimum absolute atomic E-state index is 0.245. The van der Waals surface area contributed by atoms with Gasteiger partial charge >= 0.3 is 0 Å². The highest BCUT2D eigenvalue weighted by atomic mass is 16.4. The molecule has 0 atom stereocenters. The Morgan fingerprint density at radius 1 is 0.968 bits per heavy atom. The number of aliphatic hydroxyl groups is 1. The third-order valence-electron chi connectivity index (χ3n) is 5.30. The molecule has 7 nitrogen and oxygen atoms in total. The molecule has 0 aliphatic heterocycles. The fraction of sp³-hybridized carbons (Fsp3) is 0.125. The van der Waals surface area contributed by atoms with E-state index in [4.69, 9.17) is 4.42 Å². The van der Waals surface area contributed by atoms with Crippen LogP contribution in [0.5, 0.6) is 0 Å². The quantitative estimate of drug-likeness (QED) is 0.476. The van der Waals surface area contributed by atoms with Crippen molar-refractivity contribution >= 4 is 5.52 Å². The van der Waals surface area contributed by atoms with Crippen molar-refractivity contribution in [2.45, 2.75) is 20.1 Å². The lowest BCUT2D eigenvalue weighted by molar-refractivity contribution is 0.283. The van der Waals surface area contributed by atoms with E-state index in [1.807, 2.05) is 67.6 Å². The van der Waals surface area contributed by atoms with Gasteiger partial charge in [0.05, 0.1) is 18.8 Å². The number of hydrogen-bond donors (Lipinski definition) is 1. The highest BCUT2D eigenvalue weighted by Gasteiger charge is 2.19. The van der Waals surface area contributed by atoms with Crippen LogP contribution in [0.3, 0.4) is 0 Å². The number of aryl methyl sites for hydroxylation is 1. The zero-order valence-electron chi connectivity index (χ0n) is 16.9. The van der Waals surface area contributed by atoms with Crippen molar-refractivity contribution in [2.24, 2.45) is 0 Å². The van der Waals surface area contributed by atoms with Gasteiger partial charge in [0.15, 0.2) is 0 Å². The van der Waals surface area contributed by atoms with E-state index in [0.29, 0.717) is 34.1 Å². The fourth-order valence-electron chi connectivity index (χ4n) is 3.69. The van der Waals surface area contributed by atoms with Crippen molar-refractivity contribution in [1.82, 2.24) is 19.2 Å². The minimum atomic E-state index is -0.284. The van der Waals surface area contributed by atoms with Gasteiger partial charge < -0.3 is 14.1 Å². The Morgan fingerprint density at radius 3 is 2.32 bits per heavy atom. The minimum Gasteiger partial charge on any atom is -0.441 e. The molecule has 154 valence electrons. The van der Waals surface area contributed by atoms with Crippen LogP contribution in [-0.4, -0.2) is 24.3 Å². The number of benzene rings is 2. The fourth-order valence-corrected chi connectivity index (χ4v) is 3.69. The predicted molar refractivity (Wildman–Crippen MR) is 117 cm³/mol. The summed E-state index contributed by atoms with van der Waals surface area (Å²) in [6.45, 7) is 1.81. The molecule has 0 fully saturated rings. The molecule has 5 rings (SSSR count). The molecular weight excluding hydrogens is 392 g/mol. The smallest absolute Gasteiger partial charge is 0.277 e. The Labute approximate surface area is 177 Å². The molecule has 0 unspecified atom stereocenters. The first-order valence-electron chi connectivity index (χ1n) is 9.94. The van der Waals surface area contributed by atoms with E-state index in [0.717, 1.165) is 11.1 Å². The molecule has 3 heterocycles.